The fraction of sp³-hybridized carbons (Fsp3) is 0.667. The maximum Gasteiger partial charge on any atom is 0.239 e. The van der Waals surface area contributed by atoms with E-state index in [4.69, 9.17) is 5.73 Å². The molecule has 1 rings (SSSR count). The number of hydrogen-bond acceptors (Lipinski definition) is 3. The van der Waals surface area contributed by atoms with Gasteiger partial charge < -0.3 is 15.6 Å². The van der Waals surface area contributed by atoms with Gasteiger partial charge >= 0.3 is 0 Å². The Balaban J connectivity index is 0. The average molecular weight is 311 g/mol. The molecule has 0 atom stereocenters. The first-order valence-electron chi connectivity index (χ1n) is 5.96. The summed E-state index contributed by atoms with van der Waals surface area (Å²) in [5.74, 6) is 0.924. The van der Waals surface area contributed by atoms with E-state index in [1.165, 1.54) is 0 Å². The molecule has 112 valence electrons. The number of unbranched alkanes of at least 4 members (excludes halogenated alkanes) is 1. The van der Waals surface area contributed by atoms with Gasteiger partial charge in [-0.25, -0.2) is 4.98 Å². The zero-order valence-electron chi connectivity index (χ0n) is 11.7. The SMILES string of the molecule is Cc1nccn1CCCCNC(=O)C(C)(C)N.Cl.Cl. The quantitative estimate of drug-likeness (QED) is 0.785. The highest BCUT2D eigenvalue weighted by Crippen LogP contribution is 2.00. The van der Waals surface area contributed by atoms with Crippen LogP contribution >= 0.6 is 24.8 Å². The molecule has 0 fully saturated rings. The van der Waals surface area contributed by atoms with E-state index >= 15 is 0 Å². The van der Waals surface area contributed by atoms with E-state index in [1.54, 1.807) is 20.0 Å². The Labute approximate surface area is 127 Å². The van der Waals surface area contributed by atoms with Gasteiger partial charge in [-0.05, 0) is 33.6 Å². The molecule has 1 amide bonds. The predicted octanol–water partition coefficient (Wildman–Crippen LogP) is 1.67. The van der Waals surface area contributed by atoms with Crippen molar-refractivity contribution in [3.8, 4) is 0 Å². The Bertz CT molecular complexity index is 374. The van der Waals surface area contributed by atoms with Crippen molar-refractivity contribution in [3.05, 3.63) is 18.2 Å². The molecule has 1 heterocycles. The van der Waals surface area contributed by atoms with Gasteiger partial charge in [0, 0.05) is 25.5 Å². The normalized spacial score (nSPS) is 10.3. The zero-order valence-corrected chi connectivity index (χ0v) is 13.3. The lowest BCUT2D eigenvalue weighted by Gasteiger charge is -2.17. The highest BCUT2D eigenvalue weighted by molar-refractivity contribution is 5.85. The molecule has 0 aliphatic heterocycles. The number of halogens is 2. The first-order chi connectivity index (χ1) is 7.91. The maximum atomic E-state index is 11.5. The molecule has 0 aromatic carbocycles. The topological polar surface area (TPSA) is 72.9 Å². The maximum absolute atomic E-state index is 11.5. The number of nitrogens with zero attached hydrogens (tertiary/aromatic N) is 2. The van der Waals surface area contributed by atoms with Crippen molar-refractivity contribution in [2.24, 2.45) is 5.73 Å². The molecule has 3 N–H and O–H groups in total. The summed E-state index contributed by atoms with van der Waals surface area (Å²) in [7, 11) is 0. The van der Waals surface area contributed by atoms with Crippen LogP contribution in [0.1, 0.15) is 32.5 Å². The Hall–Kier alpha value is -0.780. The zero-order chi connectivity index (χ0) is 12.9. The van der Waals surface area contributed by atoms with Crippen molar-refractivity contribution >= 4 is 30.7 Å². The second-order valence-electron chi connectivity index (χ2n) is 4.85. The summed E-state index contributed by atoms with van der Waals surface area (Å²) >= 11 is 0. The third kappa shape index (κ3) is 7.40. The lowest BCUT2D eigenvalue weighted by atomic mass is 10.1. The Morgan fingerprint density at radius 2 is 2.05 bits per heavy atom. The number of hydrogen-bond donors (Lipinski definition) is 2. The Morgan fingerprint density at radius 3 is 2.53 bits per heavy atom. The van der Waals surface area contributed by atoms with E-state index < -0.39 is 5.54 Å². The van der Waals surface area contributed by atoms with Crippen LogP contribution < -0.4 is 11.1 Å². The minimum absolute atomic E-state index is 0. The van der Waals surface area contributed by atoms with Crippen LogP contribution in [0.4, 0.5) is 0 Å². The third-order valence-electron chi connectivity index (χ3n) is 2.62. The lowest BCUT2D eigenvalue weighted by Crippen LogP contribution is -2.49. The molecule has 5 nitrogen and oxygen atoms in total. The molecule has 0 unspecified atom stereocenters. The molecule has 0 saturated carbocycles. The van der Waals surface area contributed by atoms with Crippen molar-refractivity contribution in [1.29, 1.82) is 0 Å². The summed E-state index contributed by atoms with van der Waals surface area (Å²) in [5.41, 5.74) is 4.88. The van der Waals surface area contributed by atoms with Crippen LogP contribution in [0.15, 0.2) is 12.4 Å². The highest BCUT2D eigenvalue weighted by Gasteiger charge is 2.20. The molecule has 7 heteroatoms. The predicted molar refractivity (Wildman–Crippen MR) is 82.0 cm³/mol. The summed E-state index contributed by atoms with van der Waals surface area (Å²) < 4.78 is 2.11. The summed E-state index contributed by atoms with van der Waals surface area (Å²) in [5, 5.41) is 2.83. The highest BCUT2D eigenvalue weighted by atomic mass is 35.5. The van der Waals surface area contributed by atoms with Crippen molar-refractivity contribution in [3.63, 3.8) is 0 Å². The molecule has 0 aliphatic rings. The smallest absolute Gasteiger partial charge is 0.239 e. The minimum atomic E-state index is -0.791. The molecule has 0 aliphatic carbocycles. The van der Waals surface area contributed by atoms with Crippen molar-refractivity contribution in [2.45, 2.75) is 45.7 Å². The van der Waals surface area contributed by atoms with Crippen molar-refractivity contribution in [2.75, 3.05) is 6.54 Å². The van der Waals surface area contributed by atoms with E-state index in [0.717, 1.165) is 25.2 Å². The standard InChI is InChI=1S/C12H22N4O.2ClH/c1-10-14-7-9-16(10)8-5-4-6-15-11(17)12(2,3)13;;/h7,9H,4-6,8,13H2,1-3H3,(H,15,17);2*1H. The molecular formula is C12H24Cl2N4O. The van der Waals surface area contributed by atoms with Gasteiger partial charge in [0.25, 0.3) is 0 Å². The first kappa shape index (κ1) is 20.5. The third-order valence-corrected chi connectivity index (χ3v) is 2.62. The van der Waals surface area contributed by atoms with Crippen LogP contribution in [0, 0.1) is 6.92 Å². The Morgan fingerprint density at radius 1 is 1.42 bits per heavy atom. The molecular weight excluding hydrogens is 287 g/mol. The molecule has 0 radical (unpaired) electrons. The van der Waals surface area contributed by atoms with Gasteiger partial charge in [-0.15, -0.1) is 24.8 Å². The molecule has 0 spiro atoms. The van der Waals surface area contributed by atoms with Gasteiger partial charge in [0.1, 0.15) is 5.82 Å². The van der Waals surface area contributed by atoms with E-state index in [9.17, 15) is 4.79 Å². The van der Waals surface area contributed by atoms with Gasteiger partial charge in [0.15, 0.2) is 0 Å². The van der Waals surface area contributed by atoms with Crippen molar-refractivity contribution in [1.82, 2.24) is 14.9 Å². The number of imidazole rings is 1. The fourth-order valence-corrected chi connectivity index (χ4v) is 1.48. The summed E-state index contributed by atoms with van der Waals surface area (Å²) in [6.07, 6.45) is 5.73. The lowest BCUT2D eigenvalue weighted by molar-refractivity contribution is -0.125. The first-order valence-corrected chi connectivity index (χ1v) is 5.96. The van der Waals surface area contributed by atoms with Gasteiger partial charge in [-0.3, -0.25) is 4.79 Å². The number of aromatic nitrogens is 2. The van der Waals surface area contributed by atoms with E-state index in [0.29, 0.717) is 6.54 Å². The molecule has 1 aromatic heterocycles. The number of nitrogens with one attached hydrogen (secondary N) is 1. The number of rotatable bonds is 6. The van der Waals surface area contributed by atoms with Gasteiger partial charge in [0.2, 0.25) is 5.91 Å². The second kappa shape index (κ2) is 9.18. The number of nitrogens with two attached hydrogens (primary N) is 1. The summed E-state index contributed by atoms with van der Waals surface area (Å²) in [6.45, 7) is 7.01. The molecule has 0 saturated heterocycles. The van der Waals surface area contributed by atoms with Crippen LogP contribution in [0.3, 0.4) is 0 Å². The number of carbonyl (C=O) groups is 1. The molecule has 0 bridgehead atoms. The average Bonchev–Trinajstić information content (AvgIpc) is 2.62. The van der Waals surface area contributed by atoms with Gasteiger partial charge in [0.05, 0.1) is 5.54 Å². The monoisotopic (exact) mass is 310 g/mol. The number of amides is 1. The number of carbonyl (C=O) groups excluding carboxylic acids is 1. The van der Waals surface area contributed by atoms with Crippen LogP contribution in [0.5, 0.6) is 0 Å². The van der Waals surface area contributed by atoms with E-state index in [-0.39, 0.29) is 30.7 Å². The number of aryl methyl sites for hydroxylation is 2. The Kier molecular flexibility index (Phi) is 9.92. The largest absolute Gasteiger partial charge is 0.355 e. The van der Waals surface area contributed by atoms with Crippen LogP contribution in [0.2, 0.25) is 0 Å². The van der Waals surface area contributed by atoms with Crippen molar-refractivity contribution < 1.29 is 4.79 Å². The second-order valence-corrected chi connectivity index (χ2v) is 4.85. The summed E-state index contributed by atoms with van der Waals surface area (Å²) in [4.78, 5) is 15.6. The van der Waals surface area contributed by atoms with Crippen LogP contribution in [0.25, 0.3) is 0 Å². The molecule has 19 heavy (non-hydrogen) atoms. The van der Waals surface area contributed by atoms with E-state index in [2.05, 4.69) is 14.9 Å². The van der Waals surface area contributed by atoms with Gasteiger partial charge in [-0.2, -0.15) is 0 Å². The minimum Gasteiger partial charge on any atom is -0.355 e. The molecule has 1 aromatic rings. The van der Waals surface area contributed by atoms with E-state index in [1.807, 2.05) is 13.1 Å². The van der Waals surface area contributed by atoms with Crippen LogP contribution in [-0.2, 0) is 11.3 Å². The van der Waals surface area contributed by atoms with Gasteiger partial charge in [-0.1, -0.05) is 0 Å². The fourth-order valence-electron chi connectivity index (χ4n) is 1.48. The van der Waals surface area contributed by atoms with Crippen LogP contribution in [-0.4, -0.2) is 27.5 Å². The summed E-state index contributed by atoms with van der Waals surface area (Å²) in [6, 6.07) is 0.